The van der Waals surface area contributed by atoms with Crippen molar-refractivity contribution in [1.29, 1.82) is 0 Å². The molecule has 2 aromatic rings. The van der Waals surface area contributed by atoms with Crippen molar-refractivity contribution in [2.45, 2.75) is 13.3 Å². The van der Waals surface area contributed by atoms with Gasteiger partial charge in [0.1, 0.15) is 19.0 Å². The first-order chi connectivity index (χ1) is 10.8. The summed E-state index contributed by atoms with van der Waals surface area (Å²) in [7, 11) is 0. The van der Waals surface area contributed by atoms with Crippen LogP contribution in [0.15, 0.2) is 48.5 Å². The molecule has 0 spiro atoms. The molecule has 0 aliphatic heterocycles. The van der Waals surface area contributed by atoms with E-state index in [1.54, 1.807) is 0 Å². The fourth-order valence-corrected chi connectivity index (χ4v) is 2.15. The molecule has 0 unspecified atom stereocenters. The summed E-state index contributed by atoms with van der Waals surface area (Å²) in [4.78, 5) is 0. The lowest BCUT2D eigenvalue weighted by Gasteiger charge is -2.13. The van der Waals surface area contributed by atoms with E-state index in [9.17, 15) is 0 Å². The lowest BCUT2D eigenvalue weighted by Crippen LogP contribution is -2.11. The molecule has 4 nitrogen and oxygen atoms in total. The molecule has 22 heavy (non-hydrogen) atoms. The molecule has 0 amide bonds. The van der Waals surface area contributed by atoms with E-state index < -0.39 is 0 Å². The number of rotatable bonds is 9. The first-order valence-corrected chi connectivity index (χ1v) is 7.60. The molecule has 0 aliphatic rings. The van der Waals surface area contributed by atoms with Gasteiger partial charge in [-0.1, -0.05) is 30.3 Å². The number of nitrogens with two attached hydrogens (primary N) is 1. The van der Waals surface area contributed by atoms with Crippen LogP contribution in [0.5, 0.6) is 17.2 Å². The normalized spacial score (nSPS) is 10.3. The Balaban J connectivity index is 1.85. The highest BCUT2D eigenvalue weighted by molar-refractivity contribution is 5.39. The Morgan fingerprint density at radius 2 is 1.32 bits per heavy atom. The number of hydrogen-bond acceptors (Lipinski definition) is 4. The van der Waals surface area contributed by atoms with Crippen LogP contribution in [0, 0.1) is 0 Å². The highest BCUT2D eigenvalue weighted by atomic mass is 16.5. The first-order valence-electron chi connectivity index (χ1n) is 7.60. The van der Waals surface area contributed by atoms with Gasteiger partial charge in [-0.2, -0.15) is 0 Å². The maximum absolute atomic E-state index is 5.79. The van der Waals surface area contributed by atoms with Gasteiger partial charge in [0.05, 0.1) is 6.61 Å². The lowest BCUT2D eigenvalue weighted by molar-refractivity contribution is 0.207. The molecule has 2 N–H and O–H groups in total. The molecular weight excluding hydrogens is 278 g/mol. The number of hydrogen-bond donors (Lipinski definition) is 1. The van der Waals surface area contributed by atoms with Crippen LogP contribution in [0.4, 0.5) is 0 Å². The van der Waals surface area contributed by atoms with E-state index in [0.29, 0.717) is 26.4 Å². The van der Waals surface area contributed by atoms with Gasteiger partial charge in [-0.25, -0.2) is 0 Å². The zero-order chi connectivity index (χ0) is 15.6. The van der Waals surface area contributed by atoms with E-state index in [-0.39, 0.29) is 0 Å². The molecule has 118 valence electrons. The van der Waals surface area contributed by atoms with Gasteiger partial charge >= 0.3 is 0 Å². The summed E-state index contributed by atoms with van der Waals surface area (Å²) in [5.74, 6) is 2.37. The highest BCUT2D eigenvalue weighted by Crippen LogP contribution is 2.26. The third-order valence-corrected chi connectivity index (χ3v) is 3.13. The number of para-hydroxylation sites is 3. The van der Waals surface area contributed by atoms with Crippen molar-refractivity contribution in [3.63, 3.8) is 0 Å². The van der Waals surface area contributed by atoms with E-state index in [1.807, 2.05) is 55.5 Å². The third kappa shape index (κ3) is 4.67. The topological polar surface area (TPSA) is 53.7 Å². The molecule has 2 aromatic carbocycles. The van der Waals surface area contributed by atoms with Crippen LogP contribution < -0.4 is 19.9 Å². The monoisotopic (exact) mass is 301 g/mol. The number of ether oxygens (including phenoxy) is 3. The highest BCUT2D eigenvalue weighted by Gasteiger charge is 2.05. The van der Waals surface area contributed by atoms with Crippen molar-refractivity contribution in [1.82, 2.24) is 0 Å². The molecule has 0 heterocycles. The molecule has 0 bridgehead atoms. The van der Waals surface area contributed by atoms with Gasteiger partial charge < -0.3 is 19.9 Å². The maximum atomic E-state index is 5.79. The largest absolute Gasteiger partial charge is 0.490 e. The van der Waals surface area contributed by atoms with Crippen molar-refractivity contribution < 1.29 is 14.2 Å². The predicted octanol–water partition coefficient (Wildman–Crippen LogP) is 3.04. The van der Waals surface area contributed by atoms with E-state index >= 15 is 0 Å². The zero-order valence-electron chi connectivity index (χ0n) is 13.0. The van der Waals surface area contributed by atoms with Crippen LogP contribution in [0.1, 0.15) is 12.5 Å². The van der Waals surface area contributed by atoms with Gasteiger partial charge in [0.15, 0.2) is 11.5 Å². The minimum absolute atomic E-state index is 0.459. The molecule has 0 radical (unpaired) electrons. The molecule has 0 atom stereocenters. The van der Waals surface area contributed by atoms with Gasteiger partial charge in [0.2, 0.25) is 0 Å². The minimum Gasteiger partial charge on any atom is -0.490 e. The van der Waals surface area contributed by atoms with Crippen LogP contribution in [-0.4, -0.2) is 26.4 Å². The smallest absolute Gasteiger partial charge is 0.161 e. The van der Waals surface area contributed by atoms with E-state index in [2.05, 4.69) is 0 Å². The summed E-state index contributed by atoms with van der Waals surface area (Å²) in [6.07, 6.45) is 0.810. The van der Waals surface area contributed by atoms with E-state index in [4.69, 9.17) is 19.9 Å². The molecular formula is C18H23NO3. The van der Waals surface area contributed by atoms with Crippen LogP contribution in [0.25, 0.3) is 0 Å². The maximum Gasteiger partial charge on any atom is 0.161 e. The summed E-state index contributed by atoms with van der Waals surface area (Å²) < 4.78 is 17.1. The quantitative estimate of drug-likeness (QED) is 0.723. The van der Waals surface area contributed by atoms with Gasteiger partial charge in [0.25, 0.3) is 0 Å². The summed E-state index contributed by atoms with van der Waals surface area (Å²) in [6.45, 7) is 4.11. The SMILES string of the molecule is CCOc1ccccc1OCCOc1ccccc1CCN. The van der Waals surface area contributed by atoms with Crippen molar-refractivity contribution in [2.75, 3.05) is 26.4 Å². The van der Waals surface area contributed by atoms with E-state index in [1.165, 1.54) is 0 Å². The van der Waals surface area contributed by atoms with Crippen molar-refractivity contribution in [3.05, 3.63) is 54.1 Å². The summed E-state index contributed by atoms with van der Waals surface area (Å²) in [5.41, 5.74) is 6.74. The van der Waals surface area contributed by atoms with Gasteiger partial charge in [0, 0.05) is 0 Å². The van der Waals surface area contributed by atoms with E-state index in [0.717, 1.165) is 29.2 Å². The Bertz CT molecular complexity index is 520. The predicted molar refractivity (Wildman–Crippen MR) is 87.8 cm³/mol. The molecule has 0 aliphatic carbocycles. The average molecular weight is 301 g/mol. The third-order valence-electron chi connectivity index (χ3n) is 3.13. The molecule has 0 saturated carbocycles. The molecule has 4 heteroatoms. The number of benzene rings is 2. The average Bonchev–Trinajstić information content (AvgIpc) is 2.55. The fraction of sp³-hybridized carbons (Fsp3) is 0.333. The van der Waals surface area contributed by atoms with Crippen LogP contribution in [0.2, 0.25) is 0 Å². The second kappa shape index (κ2) is 8.95. The summed E-state index contributed by atoms with van der Waals surface area (Å²) >= 11 is 0. The first kappa shape index (κ1) is 16.2. The van der Waals surface area contributed by atoms with Crippen LogP contribution in [-0.2, 0) is 6.42 Å². The Morgan fingerprint density at radius 3 is 1.95 bits per heavy atom. The second-order valence-corrected chi connectivity index (χ2v) is 4.72. The minimum atomic E-state index is 0.459. The standard InChI is InChI=1S/C18H23NO3/c1-2-20-17-9-5-6-10-18(17)22-14-13-21-16-8-4-3-7-15(16)11-12-19/h3-10H,2,11-14,19H2,1H3. The Hall–Kier alpha value is -2.20. The molecule has 0 aromatic heterocycles. The fourth-order valence-electron chi connectivity index (χ4n) is 2.15. The van der Waals surface area contributed by atoms with Crippen molar-refractivity contribution in [2.24, 2.45) is 5.73 Å². The molecule has 2 rings (SSSR count). The summed E-state index contributed by atoms with van der Waals surface area (Å²) in [5, 5.41) is 0. The summed E-state index contributed by atoms with van der Waals surface area (Å²) in [6, 6.07) is 15.6. The van der Waals surface area contributed by atoms with Crippen LogP contribution >= 0.6 is 0 Å². The molecule has 0 saturated heterocycles. The Morgan fingerprint density at radius 1 is 0.773 bits per heavy atom. The van der Waals surface area contributed by atoms with Gasteiger partial charge in [-0.3, -0.25) is 0 Å². The second-order valence-electron chi connectivity index (χ2n) is 4.72. The molecule has 0 fully saturated rings. The van der Waals surface area contributed by atoms with Crippen LogP contribution in [0.3, 0.4) is 0 Å². The Kier molecular flexibility index (Phi) is 6.58. The van der Waals surface area contributed by atoms with Crippen molar-refractivity contribution >= 4 is 0 Å². The zero-order valence-corrected chi connectivity index (χ0v) is 13.0. The van der Waals surface area contributed by atoms with Crippen molar-refractivity contribution in [3.8, 4) is 17.2 Å². The Labute approximate surface area is 131 Å². The van der Waals surface area contributed by atoms with Gasteiger partial charge in [-0.05, 0) is 43.7 Å². The lowest BCUT2D eigenvalue weighted by atomic mass is 10.1. The van der Waals surface area contributed by atoms with Gasteiger partial charge in [-0.15, -0.1) is 0 Å².